The number of ether oxygens (including phenoxy) is 1. The van der Waals surface area contributed by atoms with Crippen LogP contribution in [0.3, 0.4) is 0 Å². The molecule has 0 atom stereocenters. The number of amides is 1. The number of rotatable bonds is 6. The highest BCUT2D eigenvalue weighted by Gasteiger charge is 2.12. The molecule has 0 bridgehead atoms. The molecule has 0 aliphatic rings. The summed E-state index contributed by atoms with van der Waals surface area (Å²) in [5.74, 6) is 0.697. The number of thiazole rings is 1. The first-order valence-electron chi connectivity index (χ1n) is 7.13. The van der Waals surface area contributed by atoms with E-state index < -0.39 is 0 Å². The van der Waals surface area contributed by atoms with Gasteiger partial charge in [0.1, 0.15) is 5.75 Å². The maximum Gasteiger partial charge on any atom is 0.236 e. The first-order chi connectivity index (χ1) is 11.0. The molecule has 1 N–H and O–H groups in total. The van der Waals surface area contributed by atoms with Gasteiger partial charge in [0, 0.05) is 17.4 Å². The molecule has 1 heterocycles. The van der Waals surface area contributed by atoms with E-state index in [1.165, 1.54) is 18.3 Å². The van der Waals surface area contributed by atoms with Gasteiger partial charge in [-0.3, -0.25) is 9.59 Å². The molecule has 5 nitrogen and oxygen atoms in total. The fourth-order valence-electron chi connectivity index (χ4n) is 1.92. The van der Waals surface area contributed by atoms with E-state index in [1.54, 1.807) is 0 Å². The molecule has 1 amide bonds. The molecule has 0 spiro atoms. The van der Waals surface area contributed by atoms with Crippen LogP contribution in [0.25, 0.3) is 11.3 Å². The second-order valence-electron chi connectivity index (χ2n) is 4.71. The minimum Gasteiger partial charge on any atom is -0.494 e. The van der Waals surface area contributed by atoms with Gasteiger partial charge in [0.25, 0.3) is 0 Å². The average Bonchev–Trinajstić information content (AvgIpc) is 2.87. The monoisotopic (exact) mass is 350 g/mol. The third kappa shape index (κ3) is 5.07. The maximum absolute atomic E-state index is 11.8. The van der Waals surface area contributed by atoms with Crippen molar-refractivity contribution in [2.24, 2.45) is 0 Å². The molecule has 0 saturated carbocycles. The summed E-state index contributed by atoms with van der Waals surface area (Å²) in [4.78, 5) is 28.1. The average molecular weight is 350 g/mol. The number of aryl methyl sites for hydroxylation is 1. The molecule has 2 aromatic rings. The van der Waals surface area contributed by atoms with Gasteiger partial charge in [-0.15, -0.1) is 11.3 Å². The van der Waals surface area contributed by atoms with Crippen molar-refractivity contribution in [1.29, 1.82) is 0 Å². The molecule has 2 rings (SSSR count). The number of thioether (sulfide) groups is 1. The van der Waals surface area contributed by atoms with Gasteiger partial charge in [0.05, 0.1) is 18.1 Å². The summed E-state index contributed by atoms with van der Waals surface area (Å²) in [6, 6.07) is 7.70. The molecule has 23 heavy (non-hydrogen) atoms. The van der Waals surface area contributed by atoms with Gasteiger partial charge in [0.15, 0.2) is 10.2 Å². The number of hydrogen-bond acceptors (Lipinski definition) is 6. The Morgan fingerprint density at radius 2 is 2.00 bits per heavy atom. The van der Waals surface area contributed by atoms with Crippen molar-refractivity contribution in [2.75, 3.05) is 17.7 Å². The van der Waals surface area contributed by atoms with Crippen molar-refractivity contribution in [2.45, 2.75) is 20.8 Å². The fraction of sp³-hybridized carbons (Fsp3) is 0.312. The third-order valence-electron chi connectivity index (χ3n) is 2.89. The number of carbonyl (C=O) groups excluding carboxylic acids is 2. The van der Waals surface area contributed by atoms with E-state index in [2.05, 4.69) is 10.3 Å². The highest BCUT2D eigenvalue weighted by molar-refractivity contribution is 8.14. The zero-order valence-electron chi connectivity index (χ0n) is 13.2. The Labute approximate surface area is 143 Å². The van der Waals surface area contributed by atoms with Crippen LogP contribution in [0.2, 0.25) is 0 Å². The Bertz CT molecular complexity index is 696. The standard InChI is InChI=1S/C16H18N2O3S2/c1-4-21-13-7-5-12(6-8-13)15-10(2)23-16(18-15)17-14(20)9-22-11(3)19/h5-8H,4,9H2,1-3H3,(H,17,18,20). The van der Waals surface area contributed by atoms with Crippen LogP contribution in [-0.4, -0.2) is 28.4 Å². The molecule has 0 unspecified atom stereocenters. The van der Waals surface area contributed by atoms with E-state index in [9.17, 15) is 9.59 Å². The van der Waals surface area contributed by atoms with Crippen LogP contribution in [0.1, 0.15) is 18.7 Å². The topological polar surface area (TPSA) is 68.3 Å². The van der Waals surface area contributed by atoms with Gasteiger partial charge in [0.2, 0.25) is 5.91 Å². The number of nitrogens with zero attached hydrogens (tertiary/aromatic N) is 1. The second kappa shape index (κ2) is 8.12. The Morgan fingerprint density at radius 1 is 1.30 bits per heavy atom. The highest BCUT2D eigenvalue weighted by atomic mass is 32.2. The predicted octanol–water partition coefficient (Wildman–Crippen LogP) is 3.74. The molecule has 0 radical (unpaired) electrons. The Kier molecular flexibility index (Phi) is 6.18. The van der Waals surface area contributed by atoms with Gasteiger partial charge in [-0.25, -0.2) is 4.98 Å². The second-order valence-corrected chi connectivity index (χ2v) is 7.07. The van der Waals surface area contributed by atoms with E-state index in [1.807, 2.05) is 38.1 Å². The van der Waals surface area contributed by atoms with Crippen molar-refractivity contribution in [3.05, 3.63) is 29.1 Å². The summed E-state index contributed by atoms with van der Waals surface area (Å²) in [6.07, 6.45) is 0. The number of carbonyl (C=O) groups is 2. The summed E-state index contributed by atoms with van der Waals surface area (Å²) in [5, 5.41) is 3.19. The van der Waals surface area contributed by atoms with Crippen molar-refractivity contribution in [3.63, 3.8) is 0 Å². The van der Waals surface area contributed by atoms with Crippen LogP contribution in [0, 0.1) is 6.92 Å². The lowest BCUT2D eigenvalue weighted by Gasteiger charge is -2.04. The first-order valence-corrected chi connectivity index (χ1v) is 8.93. The molecule has 0 aliphatic heterocycles. The molecule has 7 heteroatoms. The normalized spacial score (nSPS) is 10.4. The van der Waals surface area contributed by atoms with Gasteiger partial charge in [-0.2, -0.15) is 0 Å². The third-order valence-corrected chi connectivity index (χ3v) is 4.59. The lowest BCUT2D eigenvalue weighted by Crippen LogP contribution is -2.14. The summed E-state index contributed by atoms with van der Waals surface area (Å²) in [6.45, 7) is 5.97. The highest BCUT2D eigenvalue weighted by Crippen LogP contribution is 2.31. The van der Waals surface area contributed by atoms with Crippen LogP contribution in [0.4, 0.5) is 5.13 Å². The fourth-order valence-corrected chi connectivity index (χ4v) is 3.17. The van der Waals surface area contributed by atoms with Crippen LogP contribution < -0.4 is 10.1 Å². The lowest BCUT2D eigenvalue weighted by molar-refractivity contribution is -0.114. The van der Waals surface area contributed by atoms with Crippen molar-refractivity contribution >= 4 is 39.3 Å². The number of benzene rings is 1. The van der Waals surface area contributed by atoms with E-state index in [4.69, 9.17) is 4.74 Å². The summed E-state index contributed by atoms with van der Waals surface area (Å²) in [5.41, 5.74) is 1.81. The minimum absolute atomic E-state index is 0.0782. The van der Waals surface area contributed by atoms with E-state index in [0.29, 0.717) is 11.7 Å². The Hall–Kier alpha value is -1.86. The molecule has 122 valence electrons. The zero-order chi connectivity index (χ0) is 16.8. The minimum atomic E-state index is -0.225. The number of nitrogens with one attached hydrogen (secondary N) is 1. The SMILES string of the molecule is CCOc1ccc(-c2nc(NC(=O)CSC(C)=O)sc2C)cc1. The molecule has 1 aromatic carbocycles. The van der Waals surface area contributed by atoms with Crippen molar-refractivity contribution in [1.82, 2.24) is 4.98 Å². The zero-order valence-corrected chi connectivity index (χ0v) is 14.8. The van der Waals surface area contributed by atoms with Gasteiger partial charge < -0.3 is 10.1 Å². The number of aromatic nitrogens is 1. The quantitative estimate of drug-likeness (QED) is 0.859. The van der Waals surface area contributed by atoms with Crippen molar-refractivity contribution < 1.29 is 14.3 Å². The molecule has 1 aromatic heterocycles. The largest absolute Gasteiger partial charge is 0.494 e. The number of hydrogen-bond donors (Lipinski definition) is 1. The summed E-state index contributed by atoms with van der Waals surface area (Å²) in [7, 11) is 0. The molecular formula is C16H18N2O3S2. The van der Waals surface area contributed by atoms with Crippen LogP contribution in [-0.2, 0) is 9.59 Å². The molecule has 0 aliphatic carbocycles. The molecule has 0 fully saturated rings. The Morgan fingerprint density at radius 3 is 2.61 bits per heavy atom. The summed E-state index contributed by atoms with van der Waals surface area (Å²) >= 11 is 2.40. The van der Waals surface area contributed by atoms with Crippen LogP contribution in [0.5, 0.6) is 5.75 Å². The van der Waals surface area contributed by atoms with Gasteiger partial charge >= 0.3 is 0 Å². The maximum atomic E-state index is 11.8. The molecular weight excluding hydrogens is 332 g/mol. The lowest BCUT2D eigenvalue weighted by atomic mass is 10.1. The van der Waals surface area contributed by atoms with Gasteiger partial charge in [-0.05, 0) is 38.1 Å². The van der Waals surface area contributed by atoms with E-state index in [-0.39, 0.29) is 16.8 Å². The van der Waals surface area contributed by atoms with E-state index in [0.717, 1.165) is 33.6 Å². The summed E-state index contributed by atoms with van der Waals surface area (Å²) < 4.78 is 5.43. The molecule has 0 saturated heterocycles. The number of anilines is 1. The predicted molar refractivity (Wildman–Crippen MR) is 95.2 cm³/mol. The Balaban J connectivity index is 2.08. The van der Waals surface area contributed by atoms with Crippen LogP contribution in [0.15, 0.2) is 24.3 Å². The van der Waals surface area contributed by atoms with E-state index >= 15 is 0 Å². The van der Waals surface area contributed by atoms with Crippen LogP contribution >= 0.6 is 23.1 Å². The van der Waals surface area contributed by atoms with Gasteiger partial charge in [-0.1, -0.05) is 11.8 Å². The first kappa shape index (κ1) is 17.5. The van der Waals surface area contributed by atoms with Crippen molar-refractivity contribution in [3.8, 4) is 17.0 Å². The smallest absolute Gasteiger partial charge is 0.236 e.